The lowest BCUT2D eigenvalue weighted by molar-refractivity contribution is -0.141. The highest BCUT2D eigenvalue weighted by Crippen LogP contribution is 2.42. The number of hydroxylamine groups is 1. The fraction of sp³-hybridized carbons (Fsp3) is 0.389. The van der Waals surface area contributed by atoms with Crippen LogP contribution in [0.5, 0.6) is 5.75 Å². The number of aromatic nitrogens is 1. The maximum Gasteiger partial charge on any atom is 0.431 e. The molecule has 0 aliphatic rings. The number of H-pyrrole nitrogens is 1. The highest BCUT2D eigenvalue weighted by atomic mass is 35.5. The third-order valence-corrected chi connectivity index (χ3v) is 4.69. The summed E-state index contributed by atoms with van der Waals surface area (Å²) in [6, 6.07) is 2.03. The van der Waals surface area contributed by atoms with Gasteiger partial charge in [-0.25, -0.2) is 9.87 Å². The highest BCUT2D eigenvalue weighted by Gasteiger charge is 2.38. The summed E-state index contributed by atoms with van der Waals surface area (Å²) >= 11 is 17.4. The molecule has 0 spiro atoms. The van der Waals surface area contributed by atoms with E-state index in [9.17, 15) is 22.4 Å². The first-order valence-electron chi connectivity index (χ1n) is 8.50. The van der Waals surface area contributed by atoms with Gasteiger partial charge in [0.05, 0.1) is 12.1 Å². The van der Waals surface area contributed by atoms with E-state index in [0.29, 0.717) is 0 Å². The molecule has 5 nitrogen and oxygen atoms in total. The fourth-order valence-electron chi connectivity index (χ4n) is 2.91. The predicted molar refractivity (Wildman–Crippen MR) is 106 cm³/mol. The molecule has 166 valence electrons. The van der Waals surface area contributed by atoms with Gasteiger partial charge in [0.1, 0.15) is 17.3 Å². The largest absolute Gasteiger partial charge is 0.482 e. The molecule has 0 unspecified atom stereocenters. The van der Waals surface area contributed by atoms with E-state index >= 15 is 0 Å². The number of nitrogens with one attached hydrogen (secondary N) is 2. The van der Waals surface area contributed by atoms with Crippen LogP contribution in [-0.2, 0) is 28.7 Å². The Balaban J connectivity index is 2.62. The lowest BCUT2D eigenvalue weighted by Crippen LogP contribution is -2.27. The van der Waals surface area contributed by atoms with Crippen molar-refractivity contribution in [3.8, 4) is 16.9 Å². The van der Waals surface area contributed by atoms with Gasteiger partial charge >= 0.3 is 6.18 Å². The number of hydrogen-bond donors (Lipinski definition) is 2. The van der Waals surface area contributed by atoms with Crippen molar-refractivity contribution in [3.05, 3.63) is 39.9 Å². The number of ether oxygens (including phenoxy) is 1. The zero-order valence-electron chi connectivity index (χ0n) is 15.6. The zero-order chi connectivity index (χ0) is 22.5. The molecule has 1 heterocycles. The number of aryl methyl sites for hydroxylation is 1. The predicted octanol–water partition coefficient (Wildman–Crippen LogP) is 5.11. The van der Waals surface area contributed by atoms with Crippen LogP contribution in [0.4, 0.5) is 17.6 Å². The van der Waals surface area contributed by atoms with Gasteiger partial charge in [-0.05, 0) is 24.1 Å². The minimum Gasteiger partial charge on any atom is -0.482 e. The molecular formula is C18H17Cl3F4N2O3. The molecule has 30 heavy (non-hydrogen) atoms. The Labute approximate surface area is 184 Å². The first-order chi connectivity index (χ1) is 14.1. The van der Waals surface area contributed by atoms with Gasteiger partial charge in [0.25, 0.3) is 5.91 Å². The number of amides is 1. The van der Waals surface area contributed by atoms with E-state index in [1.807, 2.05) is 5.48 Å². The summed E-state index contributed by atoms with van der Waals surface area (Å²) in [6.07, 6.45) is -4.85. The van der Waals surface area contributed by atoms with E-state index in [2.05, 4.69) is 9.82 Å². The summed E-state index contributed by atoms with van der Waals surface area (Å²) in [5.74, 6) is -1.73. The molecule has 0 saturated carbocycles. The van der Waals surface area contributed by atoms with Crippen LogP contribution >= 0.6 is 34.8 Å². The first kappa shape index (κ1) is 24.6. The second kappa shape index (κ2) is 10.6. The maximum atomic E-state index is 14.8. The Morgan fingerprint density at radius 2 is 1.87 bits per heavy atom. The van der Waals surface area contributed by atoms with Crippen molar-refractivity contribution in [1.29, 1.82) is 0 Å². The molecule has 1 amide bonds. The monoisotopic (exact) mass is 490 g/mol. The number of carbonyl (C=O) groups is 1. The number of hydrogen-bond acceptors (Lipinski definition) is 3. The van der Waals surface area contributed by atoms with Crippen LogP contribution in [0.25, 0.3) is 11.1 Å². The SMILES string of the molecule is CONC(=O)COc1cc(-c2c(CCCl)[nH]c(C(F)(F)F)c2CCCl)c(F)cc1Cl. The smallest absolute Gasteiger partial charge is 0.431 e. The van der Waals surface area contributed by atoms with Crippen LogP contribution in [0, 0.1) is 5.82 Å². The van der Waals surface area contributed by atoms with Crippen molar-refractivity contribution < 1.29 is 31.9 Å². The van der Waals surface area contributed by atoms with E-state index in [1.165, 1.54) is 7.11 Å². The minimum absolute atomic E-state index is 0.000873. The van der Waals surface area contributed by atoms with Crippen molar-refractivity contribution in [1.82, 2.24) is 10.5 Å². The van der Waals surface area contributed by atoms with Crippen molar-refractivity contribution in [2.75, 3.05) is 25.5 Å². The van der Waals surface area contributed by atoms with Crippen LogP contribution in [0.15, 0.2) is 12.1 Å². The topological polar surface area (TPSA) is 63.4 Å². The molecule has 12 heteroatoms. The third kappa shape index (κ3) is 5.72. The van der Waals surface area contributed by atoms with Gasteiger partial charge in [0, 0.05) is 35.0 Å². The fourth-order valence-corrected chi connectivity index (χ4v) is 3.49. The van der Waals surface area contributed by atoms with Gasteiger partial charge < -0.3 is 9.72 Å². The summed E-state index contributed by atoms with van der Waals surface area (Å²) in [6.45, 7) is -0.511. The first-order valence-corrected chi connectivity index (χ1v) is 9.95. The Morgan fingerprint density at radius 1 is 1.20 bits per heavy atom. The van der Waals surface area contributed by atoms with E-state index in [4.69, 9.17) is 39.5 Å². The van der Waals surface area contributed by atoms with Gasteiger partial charge in [-0.15, -0.1) is 23.2 Å². The van der Waals surface area contributed by atoms with Gasteiger partial charge in [0.2, 0.25) is 0 Å². The summed E-state index contributed by atoms with van der Waals surface area (Å²) in [4.78, 5) is 18.3. The average Bonchev–Trinajstić information content (AvgIpc) is 3.00. The third-order valence-electron chi connectivity index (χ3n) is 4.02. The summed E-state index contributed by atoms with van der Waals surface area (Å²) < 4.78 is 60.7. The molecule has 2 N–H and O–H groups in total. The molecule has 0 fully saturated rings. The maximum absolute atomic E-state index is 14.8. The molecule has 0 saturated heterocycles. The summed E-state index contributed by atoms with van der Waals surface area (Å²) in [5, 5.41) is -0.161. The number of alkyl halides is 5. The van der Waals surface area contributed by atoms with Crippen LogP contribution in [-0.4, -0.2) is 36.4 Å². The van der Waals surface area contributed by atoms with E-state index in [1.54, 1.807) is 0 Å². The number of benzene rings is 1. The Morgan fingerprint density at radius 3 is 2.43 bits per heavy atom. The summed E-state index contributed by atoms with van der Waals surface area (Å²) in [5.41, 5.74) is 0.715. The molecule has 0 atom stereocenters. The van der Waals surface area contributed by atoms with Crippen LogP contribution in [0.3, 0.4) is 0 Å². The number of aromatic amines is 1. The van der Waals surface area contributed by atoms with E-state index in [-0.39, 0.29) is 57.8 Å². The zero-order valence-corrected chi connectivity index (χ0v) is 17.8. The number of rotatable bonds is 9. The van der Waals surface area contributed by atoms with Crippen molar-refractivity contribution in [2.24, 2.45) is 0 Å². The molecule has 2 aromatic rings. The number of halogens is 7. The molecule has 2 rings (SSSR count). The molecule has 0 bridgehead atoms. The minimum atomic E-state index is -4.71. The van der Waals surface area contributed by atoms with Crippen molar-refractivity contribution >= 4 is 40.7 Å². The van der Waals surface area contributed by atoms with Crippen molar-refractivity contribution in [2.45, 2.75) is 19.0 Å². The van der Waals surface area contributed by atoms with Crippen LogP contribution in [0.2, 0.25) is 5.02 Å². The number of carbonyl (C=O) groups excluding carboxylic acids is 1. The Kier molecular flexibility index (Phi) is 8.66. The Bertz CT molecular complexity index is 904. The highest BCUT2D eigenvalue weighted by molar-refractivity contribution is 6.32. The molecule has 1 aromatic carbocycles. The standard InChI is InChI=1S/C18H17Cl3F4N2O3/c1-29-27-15(28)8-30-14-6-10(12(22)7-11(14)21)16-9(2-4-19)17(18(23,24)25)26-13(16)3-5-20/h6-7,26H,2-5,8H2,1H3,(H,27,28). The van der Waals surface area contributed by atoms with Gasteiger partial charge in [-0.1, -0.05) is 11.6 Å². The molecule has 0 aliphatic heterocycles. The normalized spacial score (nSPS) is 11.6. The quantitative estimate of drug-likeness (QED) is 0.291. The summed E-state index contributed by atoms with van der Waals surface area (Å²) in [7, 11) is 1.22. The van der Waals surface area contributed by atoms with Crippen LogP contribution in [0.1, 0.15) is 17.0 Å². The van der Waals surface area contributed by atoms with Crippen LogP contribution < -0.4 is 10.2 Å². The van der Waals surface area contributed by atoms with E-state index in [0.717, 1.165) is 12.1 Å². The second-order valence-electron chi connectivity index (χ2n) is 5.99. The lowest BCUT2D eigenvalue weighted by atomic mass is 9.96. The lowest BCUT2D eigenvalue weighted by Gasteiger charge is -2.14. The average molecular weight is 492 g/mol. The van der Waals surface area contributed by atoms with Gasteiger partial charge in [0.15, 0.2) is 6.61 Å². The Hall–Kier alpha value is -1.68. The molecule has 1 aromatic heterocycles. The molecular weight excluding hydrogens is 475 g/mol. The molecule has 0 radical (unpaired) electrons. The second-order valence-corrected chi connectivity index (χ2v) is 7.15. The van der Waals surface area contributed by atoms with Gasteiger partial charge in [-0.2, -0.15) is 13.2 Å². The van der Waals surface area contributed by atoms with E-state index < -0.39 is 30.2 Å². The molecule has 0 aliphatic carbocycles. The van der Waals surface area contributed by atoms with Crippen molar-refractivity contribution in [3.63, 3.8) is 0 Å². The van der Waals surface area contributed by atoms with Gasteiger partial charge in [-0.3, -0.25) is 9.63 Å².